The predicted octanol–water partition coefficient (Wildman–Crippen LogP) is 6.17. The Balaban J connectivity index is 1.39. The lowest BCUT2D eigenvalue weighted by Gasteiger charge is -2.02. The Morgan fingerprint density at radius 2 is 1.30 bits per heavy atom. The number of benzene rings is 3. The van der Waals surface area contributed by atoms with Gasteiger partial charge in [0.15, 0.2) is 0 Å². The minimum atomic E-state index is 0.346. The summed E-state index contributed by atoms with van der Waals surface area (Å²) in [6.07, 6.45) is 1.77. The van der Waals surface area contributed by atoms with Crippen molar-refractivity contribution < 1.29 is 8.83 Å². The first-order chi connectivity index (χ1) is 14.7. The highest BCUT2D eigenvalue weighted by Gasteiger charge is 2.28. The zero-order chi connectivity index (χ0) is 20.2. The van der Waals surface area contributed by atoms with E-state index in [1.807, 2.05) is 42.5 Å². The van der Waals surface area contributed by atoms with Crippen LogP contribution in [-0.4, -0.2) is 19.7 Å². The fourth-order valence-electron chi connectivity index (χ4n) is 3.69. The molecule has 1 aliphatic carbocycles. The first kappa shape index (κ1) is 17.4. The normalized spacial score (nSPS) is 13.4. The summed E-state index contributed by atoms with van der Waals surface area (Å²) in [5, 5.41) is 2.27. The Morgan fingerprint density at radius 1 is 0.700 bits per heavy atom. The van der Waals surface area contributed by atoms with Crippen LogP contribution >= 0.6 is 24.4 Å². The summed E-state index contributed by atoms with van der Waals surface area (Å²) in [6, 6.07) is 22.0. The van der Waals surface area contributed by atoms with Gasteiger partial charge in [0, 0.05) is 28.3 Å². The monoisotopic (exact) mass is 424 g/mol. The number of aromatic nitrogens is 2. The molecule has 3 aromatic carbocycles. The topological polar surface area (TPSA) is 52.1 Å². The zero-order valence-electron chi connectivity index (χ0n) is 15.5. The van der Waals surface area contributed by atoms with Crippen molar-refractivity contribution in [3.63, 3.8) is 0 Å². The Hall–Kier alpha value is -3.48. The summed E-state index contributed by atoms with van der Waals surface area (Å²) in [6.45, 7) is 0. The molecule has 0 radical (unpaired) electrons. The van der Waals surface area contributed by atoms with Gasteiger partial charge in [-0.25, -0.2) is 0 Å². The van der Waals surface area contributed by atoms with Crippen LogP contribution in [0.4, 0.5) is 0 Å². The van der Waals surface area contributed by atoms with Gasteiger partial charge in [0.05, 0.1) is 9.73 Å². The second kappa shape index (κ2) is 6.52. The third-order valence-corrected chi connectivity index (χ3v) is 6.02. The molecular formula is C24H12N2O2S2. The first-order valence-electron chi connectivity index (χ1n) is 9.34. The second-order valence-electron chi connectivity index (χ2n) is 7.01. The van der Waals surface area contributed by atoms with Crippen LogP contribution in [0, 0.1) is 0 Å². The molecular weight excluding hydrogens is 412 g/mol. The molecule has 30 heavy (non-hydrogen) atoms. The molecule has 0 saturated carbocycles. The molecule has 0 saturated heterocycles. The molecule has 2 aromatic heterocycles. The number of thiocarbonyl (C=S) groups is 2. The van der Waals surface area contributed by atoms with E-state index in [1.165, 1.54) is 0 Å². The van der Waals surface area contributed by atoms with E-state index < -0.39 is 0 Å². The van der Waals surface area contributed by atoms with Crippen molar-refractivity contribution >= 4 is 62.4 Å². The highest BCUT2D eigenvalue weighted by molar-refractivity contribution is 7.84. The smallest absolute Gasteiger partial charge is 0.288 e. The fourth-order valence-corrected chi connectivity index (χ4v) is 4.41. The summed E-state index contributed by atoms with van der Waals surface area (Å²) < 4.78 is 11.5. The van der Waals surface area contributed by atoms with E-state index in [-0.39, 0.29) is 0 Å². The standard InChI is InChI=1S/C24H12N2O2S2/c29-20-16-10-14-8-4-5-9-15(14)11-17(16)21(30)18(20)12-19-25-23-24(27-19)26-22(28-23)13-6-2-1-3-7-13/h1-12H. The quantitative estimate of drug-likeness (QED) is 0.250. The Morgan fingerprint density at radius 3 is 1.93 bits per heavy atom. The molecule has 1 aliphatic rings. The number of allylic oxidation sites excluding steroid dienone is 1. The maximum atomic E-state index is 5.79. The highest BCUT2D eigenvalue weighted by atomic mass is 32.1. The molecule has 0 N–H and O–H groups in total. The van der Waals surface area contributed by atoms with Crippen molar-refractivity contribution in [3.05, 3.63) is 89.3 Å². The van der Waals surface area contributed by atoms with Gasteiger partial charge in [-0.3, -0.25) is 0 Å². The number of hydrogen-bond acceptors (Lipinski definition) is 6. The molecule has 0 aliphatic heterocycles. The number of hydrogen-bond donors (Lipinski definition) is 0. The van der Waals surface area contributed by atoms with Gasteiger partial charge in [-0.05, 0) is 35.0 Å². The molecule has 0 fully saturated rings. The van der Waals surface area contributed by atoms with Gasteiger partial charge in [0.1, 0.15) is 0 Å². The maximum absolute atomic E-state index is 5.79. The Bertz CT molecular complexity index is 1440. The predicted molar refractivity (Wildman–Crippen MR) is 125 cm³/mol. The molecule has 0 unspecified atom stereocenters. The number of fused-ring (bicyclic) bond motifs is 3. The van der Waals surface area contributed by atoms with Gasteiger partial charge in [-0.15, -0.1) is 0 Å². The third kappa shape index (κ3) is 2.65. The third-order valence-electron chi connectivity index (χ3n) is 5.15. The molecule has 142 valence electrons. The van der Waals surface area contributed by atoms with Gasteiger partial charge in [-0.1, -0.05) is 66.9 Å². The average Bonchev–Trinajstić information content (AvgIpc) is 3.41. The Kier molecular flexibility index (Phi) is 3.78. The van der Waals surface area contributed by atoms with Crippen molar-refractivity contribution in [3.8, 4) is 11.5 Å². The van der Waals surface area contributed by atoms with Crippen LogP contribution in [0.2, 0.25) is 0 Å². The van der Waals surface area contributed by atoms with E-state index in [0.717, 1.165) is 33.0 Å². The molecule has 0 atom stereocenters. The minimum absolute atomic E-state index is 0.346. The molecule has 6 rings (SSSR count). The van der Waals surface area contributed by atoms with E-state index in [0.29, 0.717) is 32.9 Å². The molecule has 0 spiro atoms. The van der Waals surface area contributed by atoms with Crippen LogP contribution in [0.25, 0.3) is 39.7 Å². The fraction of sp³-hybridized carbons (Fsp3) is 0. The lowest BCUT2D eigenvalue weighted by molar-refractivity contribution is 0.573. The second-order valence-corrected chi connectivity index (χ2v) is 7.83. The minimum Gasteiger partial charge on any atom is -0.415 e. The van der Waals surface area contributed by atoms with Crippen molar-refractivity contribution in [1.29, 1.82) is 0 Å². The van der Waals surface area contributed by atoms with Gasteiger partial charge >= 0.3 is 0 Å². The van der Waals surface area contributed by atoms with Crippen molar-refractivity contribution in [2.75, 3.05) is 0 Å². The first-order valence-corrected chi connectivity index (χ1v) is 10.2. The molecule has 0 amide bonds. The average molecular weight is 425 g/mol. The van der Waals surface area contributed by atoms with Crippen molar-refractivity contribution in [2.24, 2.45) is 0 Å². The lowest BCUT2D eigenvalue weighted by Crippen LogP contribution is -1.98. The van der Waals surface area contributed by atoms with Crippen LogP contribution < -0.4 is 0 Å². The number of nitrogens with zero attached hydrogens (tertiary/aromatic N) is 2. The van der Waals surface area contributed by atoms with Crippen molar-refractivity contribution in [1.82, 2.24) is 9.97 Å². The van der Waals surface area contributed by atoms with Gasteiger partial charge in [0.2, 0.25) is 11.8 Å². The van der Waals surface area contributed by atoms with E-state index in [1.54, 1.807) is 6.08 Å². The summed E-state index contributed by atoms with van der Waals surface area (Å²) in [4.78, 5) is 10.2. The number of oxazole rings is 2. The van der Waals surface area contributed by atoms with Crippen LogP contribution in [0.1, 0.15) is 17.0 Å². The molecule has 6 heteroatoms. The summed E-state index contributed by atoms with van der Waals surface area (Å²) >= 11 is 11.4. The van der Waals surface area contributed by atoms with Gasteiger partial charge < -0.3 is 8.83 Å². The molecule has 0 bridgehead atoms. The van der Waals surface area contributed by atoms with E-state index in [9.17, 15) is 0 Å². The van der Waals surface area contributed by atoms with Crippen molar-refractivity contribution in [2.45, 2.75) is 0 Å². The molecule has 2 heterocycles. The van der Waals surface area contributed by atoms with Crippen LogP contribution in [0.5, 0.6) is 0 Å². The van der Waals surface area contributed by atoms with E-state index in [2.05, 4.69) is 34.2 Å². The summed E-state index contributed by atoms with van der Waals surface area (Å²) in [7, 11) is 0. The maximum Gasteiger partial charge on any atom is 0.288 e. The Labute approximate surface area is 181 Å². The molecule has 5 aromatic rings. The SMILES string of the molecule is S=C1C(=Cc2nc3oc(-c4ccccc4)nc3o2)C(=S)c2cc3ccccc3cc21. The van der Waals surface area contributed by atoms with Crippen LogP contribution in [0.15, 0.2) is 81.1 Å². The summed E-state index contributed by atoms with van der Waals surface area (Å²) in [5.74, 6) is 0.843. The summed E-state index contributed by atoms with van der Waals surface area (Å²) in [5.41, 5.74) is 4.26. The highest BCUT2D eigenvalue weighted by Crippen LogP contribution is 2.33. The van der Waals surface area contributed by atoms with Gasteiger partial charge in [0.25, 0.3) is 11.4 Å². The lowest BCUT2D eigenvalue weighted by atomic mass is 10.0. The molecule has 4 nitrogen and oxygen atoms in total. The van der Waals surface area contributed by atoms with Gasteiger partial charge in [-0.2, -0.15) is 9.97 Å². The van der Waals surface area contributed by atoms with E-state index >= 15 is 0 Å². The van der Waals surface area contributed by atoms with E-state index in [4.69, 9.17) is 33.3 Å². The number of rotatable bonds is 2. The van der Waals surface area contributed by atoms with Crippen LogP contribution in [-0.2, 0) is 0 Å². The zero-order valence-corrected chi connectivity index (χ0v) is 17.1. The largest absolute Gasteiger partial charge is 0.415 e. The van der Waals surface area contributed by atoms with Crippen LogP contribution in [0.3, 0.4) is 0 Å².